The average molecular weight is 1220 g/mol. The molecule has 0 radical (unpaired) electrons. The lowest BCUT2D eigenvalue weighted by Crippen LogP contribution is -2.20. The summed E-state index contributed by atoms with van der Waals surface area (Å²) >= 11 is 0. The molecule has 0 saturated heterocycles. The largest absolute Gasteiger partial charge is 0.481 e. The van der Waals surface area contributed by atoms with E-state index in [2.05, 4.69) is 92.5 Å². The molecule has 0 saturated carbocycles. The van der Waals surface area contributed by atoms with Gasteiger partial charge in [-0.25, -0.2) is 4.89 Å². The van der Waals surface area contributed by atoms with E-state index in [1.54, 1.807) is 0 Å². The minimum absolute atomic E-state index is 0.0873. The third kappa shape index (κ3) is 68.4. The molecule has 0 aromatic rings. The van der Waals surface area contributed by atoms with Crippen LogP contribution in [-0.2, 0) is 19.3 Å². The molecule has 3 unspecified atom stereocenters. The highest BCUT2D eigenvalue weighted by Gasteiger charge is 2.22. The monoisotopic (exact) mass is 1220 g/mol. The lowest BCUT2D eigenvalue weighted by molar-refractivity contribution is -0.524. The Balaban J connectivity index is -0.00000122. The fourth-order valence-corrected chi connectivity index (χ4v) is 8.21. The quantitative estimate of drug-likeness (QED) is 0.00945. The van der Waals surface area contributed by atoms with Crippen LogP contribution in [0.3, 0.4) is 0 Å². The van der Waals surface area contributed by atoms with Gasteiger partial charge < -0.3 is 20.4 Å². The Labute approximate surface area is 521 Å². The Bertz CT molecular complexity index is 2100. The zero-order chi connectivity index (χ0) is 65.1. The number of hydrogen-bond acceptors (Lipinski definition) is 12. The number of carbonyl (C=O) groups is 3. The number of hydrogen-bond donors (Lipinski definition) is 5. The van der Waals surface area contributed by atoms with Crippen LogP contribution in [0.5, 0.6) is 0 Å². The van der Waals surface area contributed by atoms with E-state index in [0.29, 0.717) is 38.5 Å². The normalized spacial score (nSPS) is 14.0. The molecule has 0 aromatic heterocycles. The van der Waals surface area contributed by atoms with Crippen molar-refractivity contribution in [1.29, 1.82) is 0 Å². The summed E-state index contributed by atoms with van der Waals surface area (Å²) in [6, 6.07) is -2.29. The summed E-state index contributed by atoms with van der Waals surface area (Å²) in [6.45, 7) is 6.50. The Morgan fingerprint density at radius 1 is 0.368 bits per heavy atom. The Morgan fingerprint density at radius 3 is 0.966 bits per heavy atom. The summed E-state index contributed by atoms with van der Waals surface area (Å²) in [5.74, 6) is -2.97. The van der Waals surface area contributed by atoms with Crippen molar-refractivity contribution < 1.29 is 59.7 Å². The minimum atomic E-state index is -0.995. The molecule has 18 nitrogen and oxygen atoms in total. The number of allylic oxidation sites excluding steroid dienone is 22. The topological polar surface area (TPSA) is 291 Å². The molecule has 0 bridgehead atoms. The summed E-state index contributed by atoms with van der Waals surface area (Å²) < 4.78 is 0. The predicted molar refractivity (Wildman–Crippen MR) is 352 cm³/mol. The molecule has 492 valence electrons. The van der Waals surface area contributed by atoms with Crippen LogP contribution in [0, 0.1) is 30.3 Å². The molecule has 0 aliphatic rings. The third-order valence-electron chi connectivity index (χ3n) is 13.4. The summed E-state index contributed by atoms with van der Waals surface area (Å²) in [6.07, 6.45) is 73.2. The van der Waals surface area contributed by atoms with Crippen molar-refractivity contribution in [1.82, 2.24) is 0 Å². The summed E-state index contributed by atoms with van der Waals surface area (Å²) in [5.41, 5.74) is 0. The molecular formula is C69H111N3O15. The highest BCUT2D eigenvalue weighted by Crippen LogP contribution is 2.15. The van der Waals surface area contributed by atoms with Crippen LogP contribution in [0.1, 0.15) is 239 Å². The zero-order valence-electron chi connectivity index (χ0n) is 52.9. The second-order valence-electron chi connectivity index (χ2n) is 21.2. The van der Waals surface area contributed by atoms with Crippen molar-refractivity contribution in [2.24, 2.45) is 0 Å². The van der Waals surface area contributed by atoms with E-state index in [-0.39, 0.29) is 65.5 Å². The van der Waals surface area contributed by atoms with Crippen LogP contribution < -0.4 is 0 Å². The highest BCUT2D eigenvalue weighted by atomic mass is 17.1. The van der Waals surface area contributed by atoms with Crippen LogP contribution >= 0.6 is 0 Å². The first-order valence-corrected chi connectivity index (χ1v) is 32.0. The summed E-state index contributed by atoms with van der Waals surface area (Å²) in [5, 5.41) is 77.1. The van der Waals surface area contributed by atoms with E-state index in [9.17, 15) is 49.8 Å². The first-order chi connectivity index (χ1) is 42.0. The molecule has 0 rings (SSSR count). The summed E-state index contributed by atoms with van der Waals surface area (Å²) in [7, 11) is 0. The van der Waals surface area contributed by atoms with E-state index in [1.165, 1.54) is 25.7 Å². The lowest BCUT2D eigenvalue weighted by Gasteiger charge is -2.07. The maximum Gasteiger partial charge on any atom is 0.303 e. The Morgan fingerprint density at radius 2 is 0.655 bits per heavy atom. The Kier molecular flexibility index (Phi) is 65.0. The molecule has 0 fully saturated rings. The smallest absolute Gasteiger partial charge is 0.303 e. The van der Waals surface area contributed by atoms with Crippen molar-refractivity contribution in [3.8, 4) is 0 Å². The third-order valence-corrected chi connectivity index (χ3v) is 13.4. The molecule has 0 spiro atoms. The Hall–Kier alpha value is -6.63. The van der Waals surface area contributed by atoms with Gasteiger partial charge in [0.1, 0.15) is 6.10 Å². The van der Waals surface area contributed by atoms with Gasteiger partial charge >= 0.3 is 17.9 Å². The van der Waals surface area contributed by atoms with Gasteiger partial charge in [0.15, 0.2) is 0 Å². The van der Waals surface area contributed by atoms with Crippen molar-refractivity contribution in [2.45, 2.75) is 269 Å². The summed E-state index contributed by atoms with van der Waals surface area (Å²) in [4.78, 5) is 67.6. The lowest BCUT2D eigenvalue weighted by atomic mass is 10.0. The number of aliphatic carboxylic acids is 3. The van der Waals surface area contributed by atoms with Crippen molar-refractivity contribution in [2.75, 3.05) is 0 Å². The van der Waals surface area contributed by atoms with E-state index >= 15 is 0 Å². The number of aliphatic hydroxyl groups is 1. The van der Waals surface area contributed by atoms with E-state index in [4.69, 9.17) is 20.6 Å². The number of carboxylic acids is 3. The zero-order valence-corrected chi connectivity index (χ0v) is 52.9. The molecule has 87 heavy (non-hydrogen) atoms. The fraction of sp³-hybridized carbons (Fsp3) is 0.609. The molecule has 18 heteroatoms. The molecule has 5 N–H and O–H groups in total. The van der Waals surface area contributed by atoms with Crippen LogP contribution in [0.15, 0.2) is 146 Å². The highest BCUT2D eigenvalue weighted by molar-refractivity contribution is 5.67. The molecule has 0 amide bonds. The van der Waals surface area contributed by atoms with Crippen LogP contribution in [-0.4, -0.2) is 88.7 Å². The van der Waals surface area contributed by atoms with Gasteiger partial charge in [-0.1, -0.05) is 218 Å². The molecule has 0 heterocycles. The second kappa shape index (κ2) is 66.9. The van der Waals surface area contributed by atoms with Crippen LogP contribution in [0.2, 0.25) is 0 Å². The van der Waals surface area contributed by atoms with Gasteiger partial charge in [0, 0.05) is 53.3 Å². The van der Waals surface area contributed by atoms with Crippen LogP contribution in [0.25, 0.3) is 0 Å². The molecular weight excluding hydrogens is 1110 g/mol. The maximum atomic E-state index is 10.9. The number of carboxylic acid groups (broad SMARTS) is 3. The molecule has 0 aromatic carbocycles. The van der Waals surface area contributed by atoms with Gasteiger partial charge in [0.05, 0.1) is 25.4 Å². The van der Waals surface area contributed by atoms with E-state index < -0.39 is 36.0 Å². The van der Waals surface area contributed by atoms with Gasteiger partial charge in [0.2, 0.25) is 18.1 Å². The number of rotatable bonds is 55. The van der Waals surface area contributed by atoms with Gasteiger partial charge in [0.25, 0.3) is 0 Å². The average Bonchev–Trinajstić information content (AvgIpc) is 3.53. The number of aliphatic hydroxyl groups excluding tert-OH is 1. The number of unbranched alkanes of at least 4 members (excludes halogenated alkanes) is 10. The van der Waals surface area contributed by atoms with Crippen LogP contribution in [0.4, 0.5) is 0 Å². The van der Waals surface area contributed by atoms with Crippen molar-refractivity contribution in [3.05, 3.63) is 176 Å². The SMILES string of the molecule is CCCCC/C=C\C/C=C\C/C=C\C/C=C\CCCC(CCC(=O)O)[N+](=O)[O-].CCCCC[C@@H](/C=C/C=C\C/C=C\C/C=C\CCCC(CCC(=O)O)[N+](=O)[O-])OO.CCCCC[C@H](O)/C=C/C=C\C/C=C\C/C=C\CCCC(CCC(=O)O)[N+](=O)[O-]. The first-order valence-electron chi connectivity index (χ1n) is 32.0. The standard InChI is InChI=1S/C23H37NO6.C23H37NO5.C23H37NO4/c1-2-3-13-17-22(30-29)18-15-12-10-8-6-4-5-7-9-11-14-16-21(24(27)28)19-20-23(25)26;1-2-3-13-17-22(25)18-15-12-10-8-6-4-5-7-9-11-14-16-21(24(28)29)19-20-23(26)27;1-2-3-4-5-6-7-8-9-10-11-12-13-14-15-16-17-18-19-22(24(27)28)20-21-23(25)26/h4,6-7,9-10,12,15,18,21-22,29H,2-3,5,8,11,13-14,16-17,19-20H2,1H3,(H,25,26);4,6-7,9-10,12,15,18,21-22,25H,2-3,5,8,11,13-14,16-17,19-20H2,1H3,(H,26,27);6-7,9-10,12-13,15-16,22H,2-5,8,11,14,17-21H2,1H3,(H,25,26)/b2*6-4-,9-7-,12-10-,18-15+;7-6-,10-9-,13-12-,16-15-/t2*21?,22-;/m00./s1. The molecule has 5 atom stereocenters. The van der Waals surface area contributed by atoms with Crippen molar-refractivity contribution >= 4 is 17.9 Å². The maximum absolute atomic E-state index is 10.9. The predicted octanol–water partition coefficient (Wildman–Crippen LogP) is 18.4. The van der Waals surface area contributed by atoms with Crippen molar-refractivity contribution in [3.63, 3.8) is 0 Å². The number of nitro groups is 3. The minimum Gasteiger partial charge on any atom is -0.481 e. The number of nitrogens with zero attached hydrogens (tertiary/aromatic N) is 3. The van der Waals surface area contributed by atoms with Gasteiger partial charge in [-0.3, -0.25) is 50.0 Å². The second-order valence-corrected chi connectivity index (χ2v) is 21.2. The van der Waals surface area contributed by atoms with Gasteiger partial charge in [-0.2, -0.15) is 0 Å². The first kappa shape index (κ1) is 84.6. The fourth-order valence-electron chi connectivity index (χ4n) is 8.21. The van der Waals surface area contributed by atoms with E-state index in [0.717, 1.165) is 116 Å². The molecule has 0 aliphatic carbocycles. The van der Waals surface area contributed by atoms with Gasteiger partial charge in [-0.15, -0.1) is 0 Å². The van der Waals surface area contributed by atoms with Gasteiger partial charge in [-0.05, 0) is 109 Å². The molecule has 0 aliphatic heterocycles. The van der Waals surface area contributed by atoms with E-state index in [1.807, 2.05) is 79.0 Å².